The molecule has 0 fully saturated rings. The Kier molecular flexibility index (Phi) is 4.59. The van der Waals surface area contributed by atoms with Crippen molar-refractivity contribution in [3.05, 3.63) is 48.4 Å². The first-order valence-corrected chi connectivity index (χ1v) is 9.09. The minimum Gasteiger partial charge on any atom is -0.374 e. The highest BCUT2D eigenvalue weighted by atomic mass is 32.1. The number of nitrogens with zero attached hydrogens (tertiary/aromatic N) is 4. The summed E-state index contributed by atoms with van der Waals surface area (Å²) in [7, 11) is 0. The lowest BCUT2D eigenvalue weighted by atomic mass is 10.2. The van der Waals surface area contributed by atoms with E-state index in [0.717, 1.165) is 38.1 Å². The second-order valence-corrected chi connectivity index (χ2v) is 7.04. The zero-order chi connectivity index (χ0) is 17.9. The van der Waals surface area contributed by atoms with Gasteiger partial charge in [-0.15, -0.1) is 0 Å². The van der Waals surface area contributed by atoms with Gasteiger partial charge in [-0.25, -0.2) is 15.0 Å². The number of fused-ring (bicyclic) bond motifs is 1. The minimum atomic E-state index is 0.194. The first-order chi connectivity index (χ1) is 12.7. The highest BCUT2D eigenvalue weighted by Crippen LogP contribution is 2.28. The third kappa shape index (κ3) is 3.71. The standard InChI is InChI=1S/C18H18N6OS/c1-11(2)25-10-12-5-6-19-16(7-12)24-18-23-15-4-3-14(22-17(15)26-18)13-8-20-21-9-13/h3-9,11H,10H2,1-2H3,(H,20,21)(H,19,23,24). The topological polar surface area (TPSA) is 88.6 Å². The zero-order valence-electron chi connectivity index (χ0n) is 14.4. The van der Waals surface area contributed by atoms with Crippen LogP contribution in [-0.2, 0) is 11.3 Å². The van der Waals surface area contributed by atoms with Crippen LogP contribution in [0.4, 0.5) is 10.9 Å². The Morgan fingerprint density at radius 3 is 2.96 bits per heavy atom. The maximum absolute atomic E-state index is 5.64. The molecule has 0 saturated heterocycles. The largest absolute Gasteiger partial charge is 0.374 e. The van der Waals surface area contributed by atoms with Gasteiger partial charge in [-0.3, -0.25) is 5.10 Å². The van der Waals surface area contributed by atoms with Crippen molar-refractivity contribution in [2.75, 3.05) is 5.32 Å². The molecule has 0 radical (unpaired) electrons. The summed E-state index contributed by atoms with van der Waals surface area (Å²) >= 11 is 1.49. The van der Waals surface area contributed by atoms with Crippen LogP contribution in [0.15, 0.2) is 42.9 Å². The monoisotopic (exact) mass is 366 g/mol. The smallest absolute Gasteiger partial charge is 0.190 e. The van der Waals surface area contributed by atoms with E-state index in [9.17, 15) is 0 Å². The molecular weight excluding hydrogens is 348 g/mol. The predicted octanol–water partition coefficient (Wildman–Crippen LogP) is 4.15. The fourth-order valence-electron chi connectivity index (χ4n) is 2.43. The van der Waals surface area contributed by atoms with Gasteiger partial charge in [0.1, 0.15) is 16.2 Å². The third-order valence-corrected chi connectivity index (χ3v) is 4.57. The summed E-state index contributed by atoms with van der Waals surface area (Å²) in [6.07, 6.45) is 5.54. The fraction of sp³-hybridized carbons (Fsp3) is 0.222. The molecule has 0 unspecified atom stereocenters. The van der Waals surface area contributed by atoms with Gasteiger partial charge < -0.3 is 10.1 Å². The van der Waals surface area contributed by atoms with Gasteiger partial charge in [0.05, 0.1) is 24.6 Å². The molecule has 8 heteroatoms. The van der Waals surface area contributed by atoms with E-state index < -0.39 is 0 Å². The van der Waals surface area contributed by atoms with Gasteiger partial charge in [-0.1, -0.05) is 11.3 Å². The van der Waals surface area contributed by atoms with Crippen molar-refractivity contribution in [2.24, 2.45) is 0 Å². The number of hydrogen-bond donors (Lipinski definition) is 2. The highest BCUT2D eigenvalue weighted by Gasteiger charge is 2.09. The Bertz CT molecular complexity index is 1010. The van der Waals surface area contributed by atoms with E-state index in [2.05, 4.69) is 30.5 Å². The molecule has 0 bridgehead atoms. The first kappa shape index (κ1) is 16.6. The summed E-state index contributed by atoms with van der Waals surface area (Å²) < 4.78 is 5.64. The molecule has 26 heavy (non-hydrogen) atoms. The van der Waals surface area contributed by atoms with Gasteiger partial charge in [-0.2, -0.15) is 5.10 Å². The summed E-state index contributed by atoms with van der Waals surface area (Å²) in [4.78, 5) is 14.5. The summed E-state index contributed by atoms with van der Waals surface area (Å²) in [5.41, 5.74) is 3.74. The summed E-state index contributed by atoms with van der Waals surface area (Å²) in [6.45, 7) is 4.60. The van der Waals surface area contributed by atoms with Crippen molar-refractivity contribution in [2.45, 2.75) is 26.6 Å². The Morgan fingerprint density at radius 1 is 1.23 bits per heavy atom. The van der Waals surface area contributed by atoms with E-state index in [1.54, 1.807) is 12.4 Å². The van der Waals surface area contributed by atoms with Crippen molar-refractivity contribution in [1.82, 2.24) is 25.1 Å². The van der Waals surface area contributed by atoms with Crippen LogP contribution in [0.3, 0.4) is 0 Å². The average molecular weight is 366 g/mol. The quantitative estimate of drug-likeness (QED) is 0.533. The molecule has 4 heterocycles. The molecule has 4 aromatic heterocycles. The van der Waals surface area contributed by atoms with E-state index in [4.69, 9.17) is 4.74 Å². The summed E-state index contributed by atoms with van der Waals surface area (Å²) in [5, 5.41) is 10.8. The first-order valence-electron chi connectivity index (χ1n) is 8.27. The number of H-pyrrole nitrogens is 1. The van der Waals surface area contributed by atoms with Crippen LogP contribution in [0.2, 0.25) is 0 Å². The summed E-state index contributed by atoms with van der Waals surface area (Å²) in [5.74, 6) is 0.740. The summed E-state index contributed by atoms with van der Waals surface area (Å²) in [6, 6.07) is 7.83. The molecule has 0 spiro atoms. The van der Waals surface area contributed by atoms with Crippen LogP contribution in [-0.4, -0.2) is 31.3 Å². The van der Waals surface area contributed by atoms with Gasteiger partial charge >= 0.3 is 0 Å². The van der Waals surface area contributed by atoms with Crippen LogP contribution in [0.1, 0.15) is 19.4 Å². The number of aromatic amines is 1. The Hall–Kier alpha value is -2.84. The van der Waals surface area contributed by atoms with Crippen molar-refractivity contribution in [3.8, 4) is 11.3 Å². The molecular formula is C18H18N6OS. The lowest BCUT2D eigenvalue weighted by Gasteiger charge is -2.08. The zero-order valence-corrected chi connectivity index (χ0v) is 15.2. The fourth-order valence-corrected chi connectivity index (χ4v) is 3.27. The second kappa shape index (κ2) is 7.19. The van der Waals surface area contributed by atoms with Gasteiger partial charge in [0.2, 0.25) is 0 Å². The van der Waals surface area contributed by atoms with Crippen LogP contribution in [0, 0.1) is 0 Å². The van der Waals surface area contributed by atoms with Crippen molar-refractivity contribution < 1.29 is 4.74 Å². The van der Waals surface area contributed by atoms with E-state index >= 15 is 0 Å². The normalized spacial score (nSPS) is 11.3. The van der Waals surface area contributed by atoms with Crippen LogP contribution < -0.4 is 5.32 Å². The lowest BCUT2D eigenvalue weighted by Crippen LogP contribution is -2.03. The number of nitrogens with one attached hydrogen (secondary N) is 2. The molecule has 4 aromatic rings. The Balaban J connectivity index is 1.55. The van der Waals surface area contributed by atoms with E-state index in [1.165, 1.54) is 11.3 Å². The number of rotatable bonds is 6. The highest BCUT2D eigenvalue weighted by molar-refractivity contribution is 7.21. The number of thiazole rings is 1. The van der Waals surface area contributed by atoms with Crippen molar-refractivity contribution >= 4 is 32.6 Å². The molecule has 0 saturated carbocycles. The maximum Gasteiger partial charge on any atom is 0.190 e. The number of ether oxygens (including phenoxy) is 1. The van der Waals surface area contributed by atoms with E-state index in [-0.39, 0.29) is 6.10 Å². The number of anilines is 2. The van der Waals surface area contributed by atoms with E-state index in [0.29, 0.717) is 6.61 Å². The minimum absolute atomic E-state index is 0.194. The van der Waals surface area contributed by atoms with Crippen LogP contribution in [0.25, 0.3) is 21.6 Å². The number of hydrogen-bond acceptors (Lipinski definition) is 7. The third-order valence-electron chi connectivity index (χ3n) is 3.69. The molecule has 132 valence electrons. The molecule has 2 N–H and O–H groups in total. The second-order valence-electron chi connectivity index (χ2n) is 6.06. The van der Waals surface area contributed by atoms with Crippen molar-refractivity contribution in [1.29, 1.82) is 0 Å². The van der Waals surface area contributed by atoms with E-state index in [1.807, 2.05) is 44.3 Å². The maximum atomic E-state index is 5.64. The van der Waals surface area contributed by atoms with Gasteiger partial charge in [0.25, 0.3) is 0 Å². The molecule has 0 aliphatic carbocycles. The molecule has 4 rings (SSSR count). The number of pyridine rings is 2. The molecule has 0 amide bonds. The van der Waals surface area contributed by atoms with Gasteiger partial charge in [-0.05, 0) is 43.7 Å². The molecule has 0 aliphatic rings. The van der Waals surface area contributed by atoms with Crippen LogP contribution >= 0.6 is 11.3 Å². The lowest BCUT2D eigenvalue weighted by molar-refractivity contribution is 0.0657. The Labute approximate surface area is 154 Å². The molecule has 0 atom stereocenters. The average Bonchev–Trinajstić information content (AvgIpc) is 3.29. The molecule has 7 nitrogen and oxygen atoms in total. The predicted molar refractivity (Wildman–Crippen MR) is 102 cm³/mol. The van der Waals surface area contributed by atoms with Gasteiger partial charge in [0.15, 0.2) is 5.13 Å². The van der Waals surface area contributed by atoms with Crippen molar-refractivity contribution in [3.63, 3.8) is 0 Å². The van der Waals surface area contributed by atoms with Gasteiger partial charge in [0, 0.05) is 18.0 Å². The number of aromatic nitrogens is 5. The Morgan fingerprint density at radius 2 is 2.15 bits per heavy atom. The molecule has 0 aliphatic heterocycles. The molecule has 0 aromatic carbocycles. The van der Waals surface area contributed by atoms with Crippen LogP contribution in [0.5, 0.6) is 0 Å². The SMILES string of the molecule is CC(C)OCc1ccnc(Nc2nc3ccc(-c4cn[nH]c4)nc3s2)c1.